The van der Waals surface area contributed by atoms with Crippen molar-refractivity contribution in [2.24, 2.45) is 0 Å². The number of esters is 1. The smallest absolute Gasteiger partial charge is 0.319 e. The standard InChI is InChI=1S/C13H19NO3/c1-16-13(15)10-14-8-4-2-3-6-11(14)12-7-5-9-17-12/h5,7,9,11H,2-4,6,8,10H2,1H3. The number of likely N-dealkylation sites (tertiary alicyclic amines) is 1. The van der Waals surface area contributed by atoms with Crippen LogP contribution in [0.25, 0.3) is 0 Å². The lowest BCUT2D eigenvalue weighted by Crippen LogP contribution is -2.34. The number of nitrogens with zero attached hydrogens (tertiary/aromatic N) is 1. The zero-order valence-electron chi connectivity index (χ0n) is 10.2. The van der Waals surface area contributed by atoms with Gasteiger partial charge in [-0.2, -0.15) is 0 Å². The quantitative estimate of drug-likeness (QED) is 0.757. The Morgan fingerprint density at radius 2 is 2.41 bits per heavy atom. The molecule has 0 aliphatic carbocycles. The molecular formula is C13H19NO3. The van der Waals surface area contributed by atoms with Crippen LogP contribution in [-0.2, 0) is 9.53 Å². The highest BCUT2D eigenvalue weighted by molar-refractivity contribution is 5.71. The van der Waals surface area contributed by atoms with Crippen LogP contribution < -0.4 is 0 Å². The van der Waals surface area contributed by atoms with E-state index >= 15 is 0 Å². The lowest BCUT2D eigenvalue weighted by Gasteiger charge is -2.27. The predicted molar refractivity (Wildman–Crippen MR) is 63.5 cm³/mol. The van der Waals surface area contributed by atoms with E-state index in [0.717, 1.165) is 25.1 Å². The molecule has 4 nitrogen and oxygen atoms in total. The van der Waals surface area contributed by atoms with E-state index in [9.17, 15) is 4.79 Å². The molecule has 0 N–H and O–H groups in total. The molecule has 4 heteroatoms. The minimum atomic E-state index is -0.177. The number of furan rings is 1. The van der Waals surface area contributed by atoms with Crippen LogP contribution >= 0.6 is 0 Å². The van der Waals surface area contributed by atoms with E-state index in [2.05, 4.69) is 4.90 Å². The van der Waals surface area contributed by atoms with Crippen molar-refractivity contribution >= 4 is 5.97 Å². The van der Waals surface area contributed by atoms with Gasteiger partial charge in [-0.15, -0.1) is 0 Å². The van der Waals surface area contributed by atoms with Gasteiger partial charge in [0, 0.05) is 0 Å². The molecule has 0 saturated carbocycles. The van der Waals surface area contributed by atoms with Crippen LogP contribution in [0, 0.1) is 0 Å². The molecule has 1 fully saturated rings. The van der Waals surface area contributed by atoms with Gasteiger partial charge in [-0.25, -0.2) is 0 Å². The van der Waals surface area contributed by atoms with Crippen LogP contribution in [0.15, 0.2) is 22.8 Å². The van der Waals surface area contributed by atoms with Gasteiger partial charge in [0.2, 0.25) is 0 Å². The number of hydrogen-bond donors (Lipinski definition) is 0. The van der Waals surface area contributed by atoms with Crippen molar-refractivity contribution in [3.63, 3.8) is 0 Å². The predicted octanol–water partition coefficient (Wildman–Crippen LogP) is 2.37. The van der Waals surface area contributed by atoms with E-state index in [-0.39, 0.29) is 12.0 Å². The Labute approximate surface area is 102 Å². The van der Waals surface area contributed by atoms with Crippen LogP contribution in [-0.4, -0.2) is 31.1 Å². The highest BCUT2D eigenvalue weighted by Crippen LogP contribution is 2.30. The minimum Gasteiger partial charge on any atom is -0.468 e. The maximum absolute atomic E-state index is 11.4. The summed E-state index contributed by atoms with van der Waals surface area (Å²) >= 11 is 0. The van der Waals surface area contributed by atoms with Crippen molar-refractivity contribution in [3.8, 4) is 0 Å². The monoisotopic (exact) mass is 237 g/mol. The summed E-state index contributed by atoms with van der Waals surface area (Å²) < 4.78 is 10.2. The molecule has 0 amide bonds. The third kappa shape index (κ3) is 3.09. The lowest BCUT2D eigenvalue weighted by atomic mass is 10.1. The molecule has 17 heavy (non-hydrogen) atoms. The molecule has 0 radical (unpaired) electrons. The van der Waals surface area contributed by atoms with Crippen molar-refractivity contribution in [1.29, 1.82) is 0 Å². The van der Waals surface area contributed by atoms with Gasteiger partial charge in [-0.05, 0) is 31.5 Å². The molecule has 2 heterocycles. The number of carbonyl (C=O) groups is 1. The highest BCUT2D eigenvalue weighted by Gasteiger charge is 2.26. The first kappa shape index (κ1) is 12.2. The normalized spacial score (nSPS) is 22.1. The number of carbonyl (C=O) groups excluding carboxylic acids is 1. The van der Waals surface area contributed by atoms with Crippen molar-refractivity contribution < 1.29 is 13.9 Å². The summed E-state index contributed by atoms with van der Waals surface area (Å²) in [6.07, 6.45) is 6.27. The number of ether oxygens (including phenoxy) is 1. The zero-order chi connectivity index (χ0) is 12.1. The fraction of sp³-hybridized carbons (Fsp3) is 0.615. The van der Waals surface area contributed by atoms with E-state index in [1.165, 1.54) is 20.0 Å². The Hall–Kier alpha value is -1.29. The largest absolute Gasteiger partial charge is 0.468 e. The van der Waals surface area contributed by atoms with Gasteiger partial charge < -0.3 is 9.15 Å². The Kier molecular flexibility index (Phi) is 4.20. The Bertz CT molecular complexity index is 348. The maximum atomic E-state index is 11.4. The van der Waals surface area contributed by atoms with Crippen LogP contribution in [0.1, 0.15) is 37.5 Å². The van der Waals surface area contributed by atoms with E-state index in [0.29, 0.717) is 6.54 Å². The third-order valence-corrected chi connectivity index (χ3v) is 3.30. The van der Waals surface area contributed by atoms with Crippen molar-refractivity contribution in [1.82, 2.24) is 4.90 Å². The SMILES string of the molecule is COC(=O)CN1CCCCCC1c1ccco1. The Morgan fingerprint density at radius 1 is 1.53 bits per heavy atom. The summed E-state index contributed by atoms with van der Waals surface area (Å²) in [4.78, 5) is 13.6. The third-order valence-electron chi connectivity index (χ3n) is 3.30. The summed E-state index contributed by atoms with van der Waals surface area (Å²) in [5, 5.41) is 0. The van der Waals surface area contributed by atoms with Crippen LogP contribution in [0.2, 0.25) is 0 Å². The summed E-state index contributed by atoms with van der Waals surface area (Å²) in [7, 11) is 1.43. The molecule has 1 aromatic rings. The zero-order valence-corrected chi connectivity index (χ0v) is 10.2. The summed E-state index contributed by atoms with van der Waals surface area (Å²) in [6, 6.07) is 4.10. The summed E-state index contributed by atoms with van der Waals surface area (Å²) in [5.74, 6) is 0.777. The van der Waals surface area contributed by atoms with Gasteiger partial charge in [0.1, 0.15) is 5.76 Å². The van der Waals surface area contributed by atoms with Crippen LogP contribution in [0.3, 0.4) is 0 Å². The lowest BCUT2D eigenvalue weighted by molar-refractivity contribution is -0.142. The van der Waals surface area contributed by atoms with Crippen molar-refractivity contribution in [2.75, 3.05) is 20.2 Å². The first-order valence-electron chi connectivity index (χ1n) is 6.15. The second-order valence-corrected chi connectivity index (χ2v) is 4.43. The molecule has 0 bridgehead atoms. The molecule has 1 atom stereocenters. The van der Waals surface area contributed by atoms with Gasteiger partial charge >= 0.3 is 5.97 Å². The van der Waals surface area contributed by atoms with Crippen LogP contribution in [0.4, 0.5) is 0 Å². The average molecular weight is 237 g/mol. The summed E-state index contributed by atoms with van der Waals surface area (Å²) in [5.41, 5.74) is 0. The molecule has 1 aliphatic heterocycles. The van der Waals surface area contributed by atoms with Gasteiger partial charge in [0.25, 0.3) is 0 Å². The van der Waals surface area contributed by atoms with Gasteiger partial charge in [-0.3, -0.25) is 9.69 Å². The molecule has 0 aromatic carbocycles. The van der Waals surface area contributed by atoms with Gasteiger partial charge in [0.05, 0.1) is 26.0 Å². The fourth-order valence-electron chi connectivity index (χ4n) is 2.39. The fourth-order valence-corrected chi connectivity index (χ4v) is 2.39. The topological polar surface area (TPSA) is 42.7 Å². The highest BCUT2D eigenvalue weighted by atomic mass is 16.5. The van der Waals surface area contributed by atoms with Gasteiger partial charge in [0.15, 0.2) is 0 Å². The second-order valence-electron chi connectivity index (χ2n) is 4.43. The van der Waals surface area contributed by atoms with Crippen LogP contribution in [0.5, 0.6) is 0 Å². The number of hydrogen-bond acceptors (Lipinski definition) is 4. The molecular weight excluding hydrogens is 218 g/mol. The second kappa shape index (κ2) is 5.87. The average Bonchev–Trinajstić information content (AvgIpc) is 2.77. The molecule has 1 aliphatic rings. The molecule has 1 aromatic heterocycles. The van der Waals surface area contributed by atoms with E-state index in [1.807, 2.05) is 12.1 Å². The molecule has 94 valence electrons. The minimum absolute atomic E-state index is 0.177. The number of rotatable bonds is 3. The maximum Gasteiger partial charge on any atom is 0.319 e. The molecule has 2 rings (SSSR count). The van der Waals surface area contributed by atoms with E-state index < -0.39 is 0 Å². The van der Waals surface area contributed by atoms with Gasteiger partial charge in [-0.1, -0.05) is 12.8 Å². The molecule has 1 saturated heterocycles. The van der Waals surface area contributed by atoms with E-state index in [1.54, 1.807) is 6.26 Å². The molecule has 0 spiro atoms. The first-order valence-corrected chi connectivity index (χ1v) is 6.15. The first-order chi connectivity index (χ1) is 8.31. The Morgan fingerprint density at radius 3 is 3.12 bits per heavy atom. The Balaban J connectivity index is 2.10. The molecule has 1 unspecified atom stereocenters. The van der Waals surface area contributed by atoms with Crippen molar-refractivity contribution in [2.45, 2.75) is 31.7 Å². The van der Waals surface area contributed by atoms with E-state index in [4.69, 9.17) is 9.15 Å². The number of methoxy groups -OCH3 is 1. The van der Waals surface area contributed by atoms with Crippen molar-refractivity contribution in [3.05, 3.63) is 24.2 Å². The summed E-state index contributed by atoms with van der Waals surface area (Å²) in [6.45, 7) is 1.28.